The van der Waals surface area contributed by atoms with Crippen molar-refractivity contribution >= 4 is 28.2 Å². The van der Waals surface area contributed by atoms with E-state index >= 15 is 0 Å². The van der Waals surface area contributed by atoms with Crippen LogP contribution in [-0.4, -0.2) is 31.5 Å². The molecule has 6 heteroatoms. The fourth-order valence-electron chi connectivity index (χ4n) is 3.45. The van der Waals surface area contributed by atoms with Crippen LogP contribution in [-0.2, 0) is 17.6 Å². The Morgan fingerprint density at radius 1 is 1.32 bits per heavy atom. The standard InChI is InChI=1S/C16H22N2O3S/c1-10-5-7-18(8-6-10)9-13(19)17-15-14(16(20)21)11-3-2-4-12(11)22-15/h10H,2-9H2,1H3,(H,17,19)(H,20,21). The lowest BCUT2D eigenvalue weighted by atomic mass is 9.99. The SMILES string of the molecule is CC1CC[NH+](CC(=O)Nc2sc3c(c2C(=O)[O-])CCC3)CC1. The highest BCUT2D eigenvalue weighted by Gasteiger charge is 2.25. The molecule has 5 nitrogen and oxygen atoms in total. The number of carbonyl (C=O) groups excluding carboxylic acids is 2. The number of aromatic carboxylic acids is 1. The molecule has 1 aromatic rings. The summed E-state index contributed by atoms with van der Waals surface area (Å²) in [7, 11) is 0. The fourth-order valence-corrected chi connectivity index (χ4v) is 4.75. The minimum absolute atomic E-state index is 0.0908. The zero-order chi connectivity index (χ0) is 15.7. The van der Waals surface area contributed by atoms with E-state index in [-0.39, 0.29) is 11.5 Å². The van der Waals surface area contributed by atoms with Crippen LogP contribution in [0.25, 0.3) is 0 Å². The van der Waals surface area contributed by atoms with Crippen LogP contribution in [0.15, 0.2) is 0 Å². The third-order valence-electron chi connectivity index (χ3n) is 4.77. The number of nitrogens with one attached hydrogen (secondary N) is 2. The predicted molar refractivity (Wildman–Crippen MR) is 83.3 cm³/mol. The highest BCUT2D eigenvalue weighted by molar-refractivity contribution is 7.17. The van der Waals surface area contributed by atoms with Gasteiger partial charge in [-0.1, -0.05) is 6.92 Å². The molecule has 3 rings (SSSR count). The number of hydrogen-bond acceptors (Lipinski definition) is 4. The minimum Gasteiger partial charge on any atom is -0.545 e. The second-order valence-corrected chi connectivity index (χ2v) is 7.61. The second kappa shape index (κ2) is 6.38. The Morgan fingerprint density at radius 2 is 2.05 bits per heavy atom. The third kappa shape index (κ3) is 3.17. The van der Waals surface area contributed by atoms with Gasteiger partial charge >= 0.3 is 0 Å². The molecule has 0 aromatic carbocycles. The molecule has 2 heterocycles. The van der Waals surface area contributed by atoms with E-state index in [4.69, 9.17) is 0 Å². The maximum Gasteiger partial charge on any atom is 0.280 e. The molecule has 1 aliphatic heterocycles. The summed E-state index contributed by atoms with van der Waals surface area (Å²) in [4.78, 5) is 26.0. The first-order valence-electron chi connectivity index (χ1n) is 8.04. The molecule has 1 aliphatic carbocycles. The minimum atomic E-state index is -1.17. The van der Waals surface area contributed by atoms with E-state index in [2.05, 4.69) is 12.2 Å². The van der Waals surface area contributed by atoms with Gasteiger partial charge in [-0.05, 0) is 43.6 Å². The van der Waals surface area contributed by atoms with Crippen molar-refractivity contribution in [1.82, 2.24) is 0 Å². The van der Waals surface area contributed by atoms with Crippen LogP contribution < -0.4 is 15.3 Å². The van der Waals surface area contributed by atoms with Crippen LogP contribution in [0.5, 0.6) is 0 Å². The van der Waals surface area contributed by atoms with Gasteiger partial charge in [0.2, 0.25) is 0 Å². The normalized spacial score (nSPS) is 24.0. The van der Waals surface area contributed by atoms with Crippen LogP contribution >= 0.6 is 11.3 Å². The molecule has 2 N–H and O–H groups in total. The zero-order valence-electron chi connectivity index (χ0n) is 12.9. The molecule has 0 spiro atoms. The quantitative estimate of drug-likeness (QED) is 0.810. The lowest BCUT2D eigenvalue weighted by Crippen LogP contribution is -3.14. The van der Waals surface area contributed by atoms with Gasteiger partial charge in [0.25, 0.3) is 5.91 Å². The van der Waals surface area contributed by atoms with Crippen molar-refractivity contribution < 1.29 is 19.6 Å². The molecule has 0 radical (unpaired) electrons. The maximum atomic E-state index is 12.2. The monoisotopic (exact) mass is 322 g/mol. The van der Waals surface area contributed by atoms with E-state index < -0.39 is 5.97 Å². The van der Waals surface area contributed by atoms with Gasteiger partial charge in [0.15, 0.2) is 6.54 Å². The zero-order valence-corrected chi connectivity index (χ0v) is 13.7. The molecule has 120 valence electrons. The first kappa shape index (κ1) is 15.5. The lowest BCUT2D eigenvalue weighted by Gasteiger charge is -2.26. The van der Waals surface area contributed by atoms with Crippen molar-refractivity contribution in [2.45, 2.75) is 39.0 Å². The van der Waals surface area contributed by atoms with Gasteiger partial charge in [0.05, 0.1) is 19.1 Å². The molecule has 1 fully saturated rings. The Labute approximate surface area is 134 Å². The van der Waals surface area contributed by atoms with Crippen molar-refractivity contribution in [2.24, 2.45) is 5.92 Å². The summed E-state index contributed by atoms with van der Waals surface area (Å²) in [6.45, 7) is 4.70. The smallest absolute Gasteiger partial charge is 0.280 e. The molecule has 0 unspecified atom stereocenters. The van der Waals surface area contributed by atoms with Crippen molar-refractivity contribution in [3.05, 3.63) is 16.0 Å². The molecule has 0 bridgehead atoms. The summed E-state index contributed by atoms with van der Waals surface area (Å²) in [5.41, 5.74) is 1.09. The highest BCUT2D eigenvalue weighted by Crippen LogP contribution is 2.38. The van der Waals surface area contributed by atoms with E-state index in [1.165, 1.54) is 16.2 Å². The first-order chi connectivity index (χ1) is 10.5. The lowest BCUT2D eigenvalue weighted by molar-refractivity contribution is -0.897. The number of anilines is 1. The van der Waals surface area contributed by atoms with Crippen molar-refractivity contribution in [2.75, 3.05) is 25.0 Å². The summed E-state index contributed by atoms with van der Waals surface area (Å²) >= 11 is 1.41. The number of likely N-dealkylation sites (tertiary alicyclic amines) is 1. The number of piperidine rings is 1. The third-order valence-corrected chi connectivity index (χ3v) is 5.98. The van der Waals surface area contributed by atoms with Crippen LogP contribution in [0.1, 0.15) is 47.0 Å². The van der Waals surface area contributed by atoms with E-state index in [0.29, 0.717) is 11.5 Å². The van der Waals surface area contributed by atoms with Gasteiger partial charge in [-0.2, -0.15) is 0 Å². The first-order valence-corrected chi connectivity index (χ1v) is 8.85. The van der Waals surface area contributed by atoms with E-state index in [0.717, 1.165) is 61.6 Å². The van der Waals surface area contributed by atoms with Gasteiger partial charge in [0, 0.05) is 10.4 Å². The van der Waals surface area contributed by atoms with Crippen LogP contribution in [0.4, 0.5) is 5.00 Å². The maximum absolute atomic E-state index is 12.2. The van der Waals surface area contributed by atoms with E-state index in [9.17, 15) is 14.7 Å². The Hall–Kier alpha value is -1.40. The van der Waals surface area contributed by atoms with Crippen LogP contribution in [0, 0.1) is 5.92 Å². The number of fused-ring (bicyclic) bond motifs is 1. The Balaban J connectivity index is 1.66. The number of carbonyl (C=O) groups is 2. The predicted octanol–water partition coefficient (Wildman–Crippen LogP) is -0.146. The summed E-state index contributed by atoms with van der Waals surface area (Å²) in [5, 5.41) is 14.7. The molecule has 0 atom stereocenters. The van der Waals surface area contributed by atoms with Gasteiger partial charge in [-0.3, -0.25) is 4.79 Å². The number of carboxylic acids is 1. The molecule has 1 amide bonds. The fraction of sp³-hybridized carbons (Fsp3) is 0.625. The number of amides is 1. The largest absolute Gasteiger partial charge is 0.545 e. The number of thiophene rings is 1. The molecule has 1 saturated heterocycles. The summed E-state index contributed by atoms with van der Waals surface area (Å²) < 4.78 is 0. The average molecular weight is 322 g/mol. The highest BCUT2D eigenvalue weighted by atomic mass is 32.1. The van der Waals surface area contributed by atoms with Gasteiger partial charge < -0.3 is 20.1 Å². The average Bonchev–Trinajstić information content (AvgIpc) is 3.01. The Morgan fingerprint density at radius 3 is 2.73 bits per heavy atom. The second-order valence-electron chi connectivity index (χ2n) is 6.51. The molecule has 22 heavy (non-hydrogen) atoms. The van der Waals surface area contributed by atoms with Crippen LogP contribution in [0.3, 0.4) is 0 Å². The Kier molecular flexibility index (Phi) is 4.49. The number of quaternary nitrogens is 1. The Bertz CT molecular complexity index is 588. The molecule has 0 saturated carbocycles. The molecular formula is C16H22N2O3S. The topological polar surface area (TPSA) is 73.7 Å². The summed E-state index contributed by atoms with van der Waals surface area (Å²) in [6, 6.07) is 0. The number of carboxylic acid groups (broad SMARTS) is 1. The van der Waals surface area contributed by atoms with Gasteiger partial charge in [-0.15, -0.1) is 11.3 Å². The van der Waals surface area contributed by atoms with Gasteiger partial charge in [0.1, 0.15) is 5.00 Å². The van der Waals surface area contributed by atoms with Crippen LogP contribution in [0.2, 0.25) is 0 Å². The summed E-state index contributed by atoms with van der Waals surface area (Å²) in [6.07, 6.45) is 4.98. The van der Waals surface area contributed by atoms with Crippen molar-refractivity contribution in [3.8, 4) is 0 Å². The summed E-state index contributed by atoms with van der Waals surface area (Å²) in [5.74, 6) is -0.516. The van der Waals surface area contributed by atoms with Crippen molar-refractivity contribution in [3.63, 3.8) is 0 Å². The van der Waals surface area contributed by atoms with Crippen molar-refractivity contribution in [1.29, 1.82) is 0 Å². The number of rotatable bonds is 4. The molecular weight excluding hydrogens is 300 g/mol. The number of aryl methyl sites for hydroxylation is 1. The number of hydrogen-bond donors (Lipinski definition) is 2. The molecule has 1 aromatic heterocycles. The van der Waals surface area contributed by atoms with E-state index in [1.807, 2.05) is 0 Å². The molecule has 2 aliphatic rings. The van der Waals surface area contributed by atoms with Gasteiger partial charge in [-0.25, -0.2) is 0 Å². The van der Waals surface area contributed by atoms with E-state index in [1.54, 1.807) is 0 Å².